The third kappa shape index (κ3) is 5.30. The van der Waals surface area contributed by atoms with Crippen LogP contribution in [-0.4, -0.2) is 24.7 Å². The second kappa shape index (κ2) is 11.7. The summed E-state index contributed by atoms with van der Waals surface area (Å²) in [6.45, 7) is 20.0. The van der Waals surface area contributed by atoms with Crippen molar-refractivity contribution in [3.05, 3.63) is 34.4 Å². The van der Waals surface area contributed by atoms with Crippen LogP contribution in [0.1, 0.15) is 132 Å². The maximum atomic E-state index is 13.0. The Morgan fingerprint density at radius 2 is 1.75 bits per heavy atom. The van der Waals surface area contributed by atoms with Gasteiger partial charge in [-0.1, -0.05) is 82.4 Å². The lowest BCUT2D eigenvalue weighted by Gasteiger charge is -2.62. The smallest absolute Gasteiger partial charge is 0.323 e. The van der Waals surface area contributed by atoms with Crippen molar-refractivity contribution in [1.29, 1.82) is 0 Å². The third-order valence-corrected chi connectivity index (χ3v) is 12.5. The first-order chi connectivity index (χ1) is 18.7. The van der Waals surface area contributed by atoms with E-state index in [9.17, 15) is 4.79 Å². The second-order valence-corrected chi connectivity index (χ2v) is 15.4. The molecule has 4 aliphatic rings. The fraction of sp³-hybridized carbons (Fsp3) is 0.806. The van der Waals surface area contributed by atoms with E-state index in [1.807, 2.05) is 0 Å². The Hall–Kier alpha value is -1.39. The molecule has 0 aromatic heterocycles. The molecule has 1 saturated carbocycles. The molecule has 7 atom stereocenters. The van der Waals surface area contributed by atoms with E-state index in [4.69, 9.17) is 16.2 Å². The van der Waals surface area contributed by atoms with Crippen molar-refractivity contribution in [2.75, 3.05) is 6.54 Å². The van der Waals surface area contributed by atoms with E-state index in [0.29, 0.717) is 24.8 Å². The van der Waals surface area contributed by atoms with Crippen LogP contribution < -0.4 is 11.5 Å². The van der Waals surface area contributed by atoms with Crippen molar-refractivity contribution in [1.82, 2.24) is 0 Å². The summed E-state index contributed by atoms with van der Waals surface area (Å²) in [6.07, 6.45) is 17.9. The highest BCUT2D eigenvalue weighted by atomic mass is 16.5. The van der Waals surface area contributed by atoms with Crippen molar-refractivity contribution in [2.24, 2.45) is 45.0 Å². The van der Waals surface area contributed by atoms with Crippen molar-refractivity contribution in [3.8, 4) is 0 Å². The van der Waals surface area contributed by atoms with Gasteiger partial charge >= 0.3 is 5.97 Å². The first-order valence-electron chi connectivity index (χ1n) is 16.5. The molecule has 1 fully saturated rings. The molecule has 0 heterocycles. The molecule has 0 amide bonds. The number of carbonyl (C=O) groups excluding carboxylic acids is 1. The zero-order valence-corrected chi connectivity index (χ0v) is 27.1. The van der Waals surface area contributed by atoms with E-state index >= 15 is 0 Å². The zero-order chi connectivity index (χ0) is 29.5. The summed E-state index contributed by atoms with van der Waals surface area (Å²) in [7, 11) is 0. The molecule has 0 saturated heterocycles. The highest BCUT2D eigenvalue weighted by Crippen LogP contribution is 2.71. The van der Waals surface area contributed by atoms with Gasteiger partial charge in [0.25, 0.3) is 0 Å². The van der Waals surface area contributed by atoms with Gasteiger partial charge in [0.05, 0.1) is 0 Å². The van der Waals surface area contributed by atoms with Gasteiger partial charge in [0, 0.05) is 10.8 Å². The summed E-state index contributed by atoms with van der Waals surface area (Å²) in [5.74, 6) is 0.935. The summed E-state index contributed by atoms with van der Waals surface area (Å²) >= 11 is 0. The van der Waals surface area contributed by atoms with Crippen molar-refractivity contribution >= 4 is 5.97 Å². The average molecular weight is 553 g/mol. The molecule has 4 N–H and O–H groups in total. The van der Waals surface area contributed by atoms with E-state index in [0.717, 1.165) is 25.7 Å². The molecule has 0 radical (unpaired) electrons. The van der Waals surface area contributed by atoms with Crippen LogP contribution in [0.2, 0.25) is 0 Å². The number of unbranched alkanes of at least 4 members (excludes halogenated alkanes) is 1. The van der Waals surface area contributed by atoms with Crippen molar-refractivity contribution < 1.29 is 9.53 Å². The molecule has 4 aliphatic carbocycles. The number of ether oxygens (including phenoxy) is 1. The predicted molar refractivity (Wildman–Crippen MR) is 168 cm³/mol. The number of nitrogens with two attached hydrogens (primary N) is 2. The molecule has 0 aromatic rings. The van der Waals surface area contributed by atoms with Crippen LogP contribution in [0.4, 0.5) is 0 Å². The molecular weight excluding hydrogens is 492 g/mol. The molecule has 0 aliphatic heterocycles. The van der Waals surface area contributed by atoms with Crippen LogP contribution in [0.3, 0.4) is 0 Å². The van der Waals surface area contributed by atoms with Crippen LogP contribution in [-0.2, 0) is 9.53 Å². The van der Waals surface area contributed by atoms with Crippen LogP contribution in [0.5, 0.6) is 0 Å². The fourth-order valence-corrected chi connectivity index (χ4v) is 9.83. The highest BCUT2D eigenvalue weighted by Gasteiger charge is 2.62. The number of hydrogen-bond donors (Lipinski definition) is 2. The molecule has 40 heavy (non-hydrogen) atoms. The highest BCUT2D eigenvalue weighted by molar-refractivity contribution is 5.75. The average Bonchev–Trinajstić information content (AvgIpc) is 3.16. The minimum Gasteiger partial charge on any atom is -0.461 e. The van der Waals surface area contributed by atoms with Crippen LogP contribution in [0.25, 0.3) is 0 Å². The minimum absolute atomic E-state index is 0.0633. The van der Waals surface area contributed by atoms with Crippen molar-refractivity contribution in [3.63, 3.8) is 0 Å². The lowest BCUT2D eigenvalue weighted by Crippen LogP contribution is -2.56. The van der Waals surface area contributed by atoms with E-state index in [1.54, 1.807) is 16.7 Å². The maximum absolute atomic E-state index is 13.0. The van der Waals surface area contributed by atoms with E-state index in [1.165, 1.54) is 50.5 Å². The topological polar surface area (TPSA) is 78.3 Å². The van der Waals surface area contributed by atoms with Gasteiger partial charge in [0.15, 0.2) is 0 Å². The van der Waals surface area contributed by atoms with Gasteiger partial charge in [0.2, 0.25) is 0 Å². The Morgan fingerprint density at radius 3 is 2.42 bits per heavy atom. The summed E-state index contributed by atoms with van der Waals surface area (Å²) in [4.78, 5) is 13.0. The van der Waals surface area contributed by atoms with E-state index in [-0.39, 0.29) is 33.7 Å². The number of hydrogen-bond acceptors (Lipinski definition) is 4. The van der Waals surface area contributed by atoms with Crippen LogP contribution in [0, 0.1) is 33.5 Å². The Bertz CT molecular complexity index is 1050. The number of fused-ring (bicyclic) bond motifs is 4. The van der Waals surface area contributed by atoms with Crippen LogP contribution >= 0.6 is 0 Å². The number of esters is 1. The fourth-order valence-electron chi connectivity index (χ4n) is 9.83. The maximum Gasteiger partial charge on any atom is 0.323 e. The molecule has 0 spiro atoms. The monoisotopic (exact) mass is 552 g/mol. The molecule has 1 unspecified atom stereocenters. The van der Waals surface area contributed by atoms with Gasteiger partial charge in [-0.25, -0.2) is 0 Å². The van der Waals surface area contributed by atoms with E-state index in [2.05, 4.69) is 67.5 Å². The normalized spacial score (nSPS) is 36.1. The Labute approximate surface area is 245 Å². The van der Waals surface area contributed by atoms with Gasteiger partial charge < -0.3 is 16.2 Å². The largest absolute Gasteiger partial charge is 0.461 e. The van der Waals surface area contributed by atoms with Gasteiger partial charge in [-0.3, -0.25) is 4.79 Å². The quantitative estimate of drug-likeness (QED) is 0.162. The third-order valence-electron chi connectivity index (χ3n) is 12.5. The second-order valence-electron chi connectivity index (χ2n) is 15.4. The van der Waals surface area contributed by atoms with E-state index < -0.39 is 6.04 Å². The minimum atomic E-state index is -0.541. The first kappa shape index (κ1) is 31.5. The standard InChI is InChI=1S/C36H60N2O2/c1-24(2)12-11-13-25(3)26-17-21-36(8)28-15-16-30-33(4,5)31(40-32(39)29(38)14-9-10-23-37)19-20-34(30,6)27(28)18-22-35(26,36)7/h12,17,25,29-31H,9-11,13-16,18-23,37-38H2,1-8H3/t25-,29+,30?,31+,34-,35-,36+/m1/s1. The van der Waals surface area contributed by atoms with Gasteiger partial charge in [-0.15, -0.1) is 0 Å². The molecule has 4 rings (SSSR count). The summed E-state index contributed by atoms with van der Waals surface area (Å²) in [6, 6.07) is -0.541. The molecular formula is C36H60N2O2. The Balaban J connectivity index is 1.53. The lowest BCUT2D eigenvalue weighted by atomic mass is 9.43. The molecule has 226 valence electrons. The van der Waals surface area contributed by atoms with Crippen LogP contribution in [0.15, 0.2) is 34.4 Å². The number of carbonyl (C=O) groups is 1. The first-order valence-corrected chi connectivity index (χ1v) is 16.5. The zero-order valence-electron chi connectivity index (χ0n) is 27.1. The van der Waals surface area contributed by atoms with Crippen molar-refractivity contribution in [2.45, 2.75) is 145 Å². The summed E-state index contributed by atoms with van der Waals surface area (Å²) < 4.78 is 6.20. The molecule has 0 bridgehead atoms. The molecule has 4 heteroatoms. The summed E-state index contributed by atoms with van der Waals surface area (Å²) in [5, 5.41) is 0. The number of rotatable bonds is 10. The predicted octanol–water partition coefficient (Wildman–Crippen LogP) is 8.41. The summed E-state index contributed by atoms with van der Waals surface area (Å²) in [5.41, 5.74) is 19.2. The van der Waals surface area contributed by atoms with Gasteiger partial charge in [-0.2, -0.15) is 0 Å². The molecule has 4 nitrogen and oxygen atoms in total. The molecule has 0 aromatic carbocycles. The Morgan fingerprint density at radius 1 is 1.02 bits per heavy atom. The van der Waals surface area contributed by atoms with Gasteiger partial charge in [-0.05, 0) is 114 Å². The van der Waals surface area contributed by atoms with Gasteiger partial charge in [0.1, 0.15) is 12.1 Å². The number of allylic oxidation sites excluding steroid dienone is 6. The SMILES string of the molecule is CC(C)=CCC[C@@H](C)C1=CC[C@@]2(C)C3=C(CC[C@]12C)[C@@]1(C)CC[C@H](OC(=O)[C@@H](N)CCCCN)C(C)(C)C1CC3. The lowest BCUT2D eigenvalue weighted by molar-refractivity contribution is -0.171. The Kier molecular flexibility index (Phi) is 9.23.